The van der Waals surface area contributed by atoms with Crippen molar-refractivity contribution in [1.82, 2.24) is 23.8 Å². The molecule has 1 unspecified atom stereocenters. The molecular formula is C25H28FN5O3S. The summed E-state index contributed by atoms with van der Waals surface area (Å²) in [4.78, 5) is 37.1. The van der Waals surface area contributed by atoms with Crippen LogP contribution in [0.5, 0.6) is 0 Å². The maximum Gasteiger partial charge on any atom is 0.410 e. The first-order chi connectivity index (χ1) is 16.6. The third-order valence-corrected chi connectivity index (χ3v) is 7.28. The van der Waals surface area contributed by atoms with E-state index < -0.39 is 11.4 Å². The van der Waals surface area contributed by atoms with Gasteiger partial charge in [-0.25, -0.2) is 19.2 Å². The summed E-state index contributed by atoms with van der Waals surface area (Å²) in [7, 11) is 0. The molecule has 4 aromatic rings. The molecule has 1 atom stereocenters. The molecule has 1 aliphatic heterocycles. The van der Waals surface area contributed by atoms with Gasteiger partial charge in [-0.2, -0.15) is 0 Å². The SMILES string of the molecule is Cc1cn2cc(-c3cc4ncn(C5CCCN(C(=O)OC(C)(C)C)CC5)c(=O)c4s3)cc(F)c2n1. The fourth-order valence-electron chi connectivity index (χ4n) is 4.51. The number of likely N-dealkylation sites (tertiary alicyclic amines) is 1. The van der Waals surface area contributed by atoms with E-state index in [1.807, 2.05) is 40.0 Å². The number of imidazole rings is 1. The van der Waals surface area contributed by atoms with Crippen LogP contribution in [0.25, 0.3) is 26.3 Å². The standard InChI is InChI=1S/C25H28FN5O3S/c1-15-12-30-13-16(10-18(26)22(30)28-15)20-11-19-21(35-20)23(32)31(14-27-19)17-6-5-8-29(9-7-17)24(33)34-25(2,3)4/h10-14,17H,5-9H2,1-4H3. The predicted molar refractivity (Wildman–Crippen MR) is 133 cm³/mol. The first-order valence-corrected chi connectivity index (χ1v) is 12.5. The number of amides is 1. The van der Waals surface area contributed by atoms with Gasteiger partial charge in [0.05, 0.1) is 17.5 Å². The van der Waals surface area contributed by atoms with Crippen LogP contribution in [0, 0.1) is 12.7 Å². The highest BCUT2D eigenvalue weighted by molar-refractivity contribution is 7.22. The van der Waals surface area contributed by atoms with E-state index in [1.165, 1.54) is 17.4 Å². The van der Waals surface area contributed by atoms with Crippen LogP contribution < -0.4 is 5.56 Å². The zero-order valence-electron chi connectivity index (χ0n) is 20.2. The van der Waals surface area contributed by atoms with Crippen molar-refractivity contribution in [2.75, 3.05) is 13.1 Å². The summed E-state index contributed by atoms with van der Waals surface area (Å²) < 4.78 is 24.0. The number of ether oxygens (including phenoxy) is 1. The zero-order valence-corrected chi connectivity index (χ0v) is 21.1. The molecule has 1 fully saturated rings. The van der Waals surface area contributed by atoms with Crippen molar-refractivity contribution in [1.29, 1.82) is 0 Å². The van der Waals surface area contributed by atoms with Gasteiger partial charge >= 0.3 is 6.09 Å². The number of pyridine rings is 1. The van der Waals surface area contributed by atoms with Crippen LogP contribution in [0.15, 0.2) is 35.6 Å². The Labute approximate surface area is 206 Å². The summed E-state index contributed by atoms with van der Waals surface area (Å²) in [5, 5.41) is 0. The van der Waals surface area contributed by atoms with Gasteiger partial charge in [0.1, 0.15) is 10.3 Å². The van der Waals surface area contributed by atoms with Crippen LogP contribution in [0.4, 0.5) is 9.18 Å². The molecule has 5 heterocycles. The van der Waals surface area contributed by atoms with Gasteiger partial charge in [-0.05, 0) is 59.1 Å². The van der Waals surface area contributed by atoms with Crippen molar-refractivity contribution < 1.29 is 13.9 Å². The first-order valence-electron chi connectivity index (χ1n) is 11.7. The third kappa shape index (κ3) is 4.67. The van der Waals surface area contributed by atoms with Gasteiger partial charge in [0.2, 0.25) is 0 Å². The van der Waals surface area contributed by atoms with Gasteiger partial charge in [-0.15, -0.1) is 11.3 Å². The number of thiophene rings is 1. The quantitative estimate of drug-likeness (QED) is 0.381. The molecule has 0 N–H and O–H groups in total. The maximum atomic E-state index is 14.6. The van der Waals surface area contributed by atoms with Crippen LogP contribution in [0.2, 0.25) is 0 Å². The maximum absolute atomic E-state index is 14.6. The normalized spacial score (nSPS) is 17.2. The van der Waals surface area contributed by atoms with E-state index in [2.05, 4.69) is 9.97 Å². The molecule has 184 valence electrons. The summed E-state index contributed by atoms with van der Waals surface area (Å²) >= 11 is 1.32. The van der Waals surface area contributed by atoms with Crippen LogP contribution in [-0.4, -0.2) is 48.6 Å². The summed E-state index contributed by atoms with van der Waals surface area (Å²) in [6, 6.07) is 3.22. The molecule has 5 rings (SSSR count). The second kappa shape index (κ2) is 8.75. The summed E-state index contributed by atoms with van der Waals surface area (Å²) in [6.45, 7) is 8.49. The number of nitrogens with zero attached hydrogens (tertiary/aromatic N) is 5. The summed E-state index contributed by atoms with van der Waals surface area (Å²) in [5.41, 5.74) is 1.62. The fourth-order valence-corrected chi connectivity index (χ4v) is 5.54. The minimum atomic E-state index is -0.546. The van der Waals surface area contributed by atoms with Crippen molar-refractivity contribution in [3.05, 3.63) is 52.7 Å². The summed E-state index contributed by atoms with van der Waals surface area (Å²) in [6.07, 6.45) is 7.05. The molecule has 0 spiro atoms. The lowest BCUT2D eigenvalue weighted by molar-refractivity contribution is 0.0255. The number of halogens is 1. The minimum Gasteiger partial charge on any atom is -0.444 e. The lowest BCUT2D eigenvalue weighted by atomic mass is 10.1. The number of hydrogen-bond acceptors (Lipinski definition) is 6. The smallest absolute Gasteiger partial charge is 0.410 e. The Balaban J connectivity index is 1.42. The average molecular weight is 498 g/mol. The molecule has 10 heteroatoms. The molecule has 8 nitrogen and oxygen atoms in total. The Bertz CT molecular complexity index is 1480. The minimum absolute atomic E-state index is 0.0555. The Hall–Kier alpha value is -3.27. The Kier molecular flexibility index (Phi) is 5.86. The van der Waals surface area contributed by atoms with Crippen molar-refractivity contribution in [3.63, 3.8) is 0 Å². The molecule has 0 saturated carbocycles. The lowest BCUT2D eigenvalue weighted by Gasteiger charge is -2.26. The number of fused-ring (bicyclic) bond motifs is 2. The molecule has 35 heavy (non-hydrogen) atoms. The number of rotatable bonds is 2. The van der Waals surface area contributed by atoms with Gasteiger partial charge in [-0.1, -0.05) is 0 Å². The van der Waals surface area contributed by atoms with E-state index in [-0.39, 0.29) is 23.3 Å². The van der Waals surface area contributed by atoms with Crippen molar-refractivity contribution in [3.8, 4) is 10.4 Å². The number of carbonyl (C=O) groups is 1. The highest BCUT2D eigenvalue weighted by Gasteiger charge is 2.26. The summed E-state index contributed by atoms with van der Waals surface area (Å²) in [5.74, 6) is -0.411. The van der Waals surface area contributed by atoms with Gasteiger partial charge in [0.15, 0.2) is 11.5 Å². The van der Waals surface area contributed by atoms with Crippen molar-refractivity contribution >= 4 is 33.3 Å². The molecule has 1 aliphatic rings. The largest absolute Gasteiger partial charge is 0.444 e. The van der Waals surface area contributed by atoms with Crippen molar-refractivity contribution in [2.45, 2.75) is 58.6 Å². The number of carbonyl (C=O) groups excluding carboxylic acids is 1. The van der Waals surface area contributed by atoms with Crippen LogP contribution >= 0.6 is 11.3 Å². The zero-order chi connectivity index (χ0) is 24.9. The number of hydrogen-bond donors (Lipinski definition) is 0. The molecule has 0 radical (unpaired) electrons. The number of aryl methyl sites for hydroxylation is 1. The first kappa shape index (κ1) is 23.5. The molecule has 4 aromatic heterocycles. The van der Waals surface area contributed by atoms with E-state index in [4.69, 9.17) is 4.74 Å². The van der Waals surface area contributed by atoms with E-state index >= 15 is 0 Å². The van der Waals surface area contributed by atoms with Gasteiger partial charge in [0, 0.05) is 42.0 Å². The van der Waals surface area contributed by atoms with Crippen LogP contribution in [-0.2, 0) is 4.74 Å². The Morgan fingerprint density at radius 3 is 2.77 bits per heavy atom. The molecule has 1 saturated heterocycles. The van der Waals surface area contributed by atoms with E-state index in [9.17, 15) is 14.0 Å². The number of aromatic nitrogens is 4. The van der Waals surface area contributed by atoms with E-state index in [0.717, 1.165) is 23.4 Å². The van der Waals surface area contributed by atoms with Gasteiger partial charge in [-0.3, -0.25) is 9.36 Å². The van der Waals surface area contributed by atoms with Crippen LogP contribution in [0.3, 0.4) is 0 Å². The highest BCUT2D eigenvalue weighted by atomic mass is 32.1. The molecule has 0 aromatic carbocycles. The third-order valence-electron chi connectivity index (χ3n) is 6.12. The lowest BCUT2D eigenvalue weighted by Crippen LogP contribution is -2.37. The highest BCUT2D eigenvalue weighted by Crippen LogP contribution is 2.32. The second-order valence-corrected chi connectivity index (χ2v) is 11.1. The molecule has 1 amide bonds. The predicted octanol–water partition coefficient (Wildman–Crippen LogP) is 5.18. The molecule has 0 bridgehead atoms. The van der Waals surface area contributed by atoms with Crippen molar-refractivity contribution in [2.24, 2.45) is 0 Å². The fraction of sp³-hybridized carbons (Fsp3) is 0.440. The van der Waals surface area contributed by atoms with Gasteiger partial charge in [0.25, 0.3) is 5.56 Å². The van der Waals surface area contributed by atoms with Gasteiger partial charge < -0.3 is 14.0 Å². The second-order valence-electron chi connectivity index (χ2n) is 10.0. The topological polar surface area (TPSA) is 81.7 Å². The Morgan fingerprint density at radius 1 is 1.20 bits per heavy atom. The van der Waals surface area contributed by atoms with E-state index in [0.29, 0.717) is 35.3 Å². The Morgan fingerprint density at radius 2 is 2.00 bits per heavy atom. The van der Waals surface area contributed by atoms with E-state index in [1.54, 1.807) is 26.4 Å². The van der Waals surface area contributed by atoms with Crippen LogP contribution in [0.1, 0.15) is 51.8 Å². The molecule has 0 aliphatic carbocycles. The molecular weight excluding hydrogens is 469 g/mol. The monoisotopic (exact) mass is 497 g/mol. The average Bonchev–Trinajstić information content (AvgIpc) is 3.29.